The Hall–Kier alpha value is -2.84. The number of para-hydroxylation sites is 1. The van der Waals surface area contributed by atoms with Crippen molar-refractivity contribution in [1.82, 2.24) is 9.55 Å². The number of hydrogen-bond donors (Lipinski definition) is 1. The lowest BCUT2D eigenvalue weighted by atomic mass is 9.92. The molecule has 0 aliphatic carbocycles. The van der Waals surface area contributed by atoms with Crippen LogP contribution in [0.1, 0.15) is 29.2 Å². The van der Waals surface area contributed by atoms with E-state index in [1.165, 1.54) is 0 Å². The molecular weight excluding hydrogens is 312 g/mol. The Balaban J connectivity index is 1.98. The maximum absolute atomic E-state index is 9.54. The van der Waals surface area contributed by atoms with Gasteiger partial charge in [-0.1, -0.05) is 18.2 Å². The number of nitrogens with two attached hydrogens (primary N) is 1. The van der Waals surface area contributed by atoms with E-state index in [-0.39, 0.29) is 5.92 Å². The molecule has 3 aromatic rings. The first-order valence-corrected chi connectivity index (χ1v) is 8.44. The average molecular weight is 332 g/mol. The van der Waals surface area contributed by atoms with Crippen LogP contribution in [0.5, 0.6) is 0 Å². The van der Waals surface area contributed by atoms with Gasteiger partial charge in [-0.3, -0.25) is 0 Å². The van der Waals surface area contributed by atoms with Crippen molar-refractivity contribution in [2.75, 3.05) is 18.9 Å². The van der Waals surface area contributed by atoms with Crippen molar-refractivity contribution in [3.05, 3.63) is 47.2 Å². The van der Waals surface area contributed by atoms with Crippen LogP contribution in [0.3, 0.4) is 0 Å². The summed E-state index contributed by atoms with van der Waals surface area (Å²) in [6.45, 7) is 3.44. The van der Waals surface area contributed by atoms with Gasteiger partial charge >= 0.3 is 0 Å². The molecule has 5 heteroatoms. The molecule has 2 aromatic heterocycles. The first-order chi connectivity index (χ1) is 12.1. The van der Waals surface area contributed by atoms with Gasteiger partial charge in [0.15, 0.2) is 0 Å². The first kappa shape index (κ1) is 15.7. The number of nitrogens with zero attached hydrogens (tertiary/aromatic N) is 3. The van der Waals surface area contributed by atoms with Gasteiger partial charge in [0.05, 0.1) is 17.9 Å². The summed E-state index contributed by atoms with van der Waals surface area (Å²) in [5.74, 6) is 0.503. The Morgan fingerprint density at radius 2 is 2.16 bits per heavy atom. The number of ether oxygens (including phenoxy) is 1. The van der Waals surface area contributed by atoms with E-state index in [2.05, 4.69) is 41.7 Å². The van der Waals surface area contributed by atoms with E-state index in [4.69, 9.17) is 10.5 Å². The fraction of sp³-hybridized carbons (Fsp3) is 0.300. The van der Waals surface area contributed by atoms with Crippen LogP contribution in [0, 0.1) is 18.3 Å². The summed E-state index contributed by atoms with van der Waals surface area (Å²) in [5.41, 5.74) is 11.8. The van der Waals surface area contributed by atoms with E-state index in [9.17, 15) is 5.26 Å². The number of benzene rings is 1. The van der Waals surface area contributed by atoms with E-state index in [1.807, 2.05) is 18.2 Å². The molecule has 0 saturated carbocycles. The number of aromatic nitrogens is 2. The fourth-order valence-electron chi connectivity index (χ4n) is 3.78. The van der Waals surface area contributed by atoms with Crippen LogP contribution in [-0.2, 0) is 11.8 Å². The molecule has 1 saturated heterocycles. The van der Waals surface area contributed by atoms with E-state index >= 15 is 0 Å². The quantitative estimate of drug-likeness (QED) is 0.779. The van der Waals surface area contributed by atoms with Crippen LogP contribution in [0.25, 0.3) is 22.2 Å². The minimum Gasteiger partial charge on any atom is -0.383 e. The number of fused-ring (bicyclic) bond motifs is 1. The molecule has 126 valence electrons. The van der Waals surface area contributed by atoms with Gasteiger partial charge in [0, 0.05) is 41.7 Å². The summed E-state index contributed by atoms with van der Waals surface area (Å²) in [4.78, 5) is 4.57. The van der Waals surface area contributed by atoms with Gasteiger partial charge in [0.2, 0.25) is 0 Å². The zero-order chi connectivity index (χ0) is 17.6. The average Bonchev–Trinajstić information content (AvgIpc) is 3.23. The molecule has 1 aliphatic heterocycles. The second-order valence-corrected chi connectivity index (χ2v) is 6.57. The fourth-order valence-corrected chi connectivity index (χ4v) is 3.78. The number of pyridine rings is 1. The van der Waals surface area contributed by atoms with Crippen molar-refractivity contribution < 1.29 is 4.74 Å². The van der Waals surface area contributed by atoms with Gasteiger partial charge in [0.25, 0.3) is 0 Å². The van der Waals surface area contributed by atoms with E-state index in [0.29, 0.717) is 18.0 Å². The number of aryl methyl sites for hydroxylation is 1. The summed E-state index contributed by atoms with van der Waals surface area (Å²) < 4.78 is 7.69. The lowest BCUT2D eigenvalue weighted by Gasteiger charge is -2.14. The molecule has 5 nitrogen and oxygen atoms in total. The van der Waals surface area contributed by atoms with Gasteiger partial charge in [-0.25, -0.2) is 4.98 Å². The third-order valence-corrected chi connectivity index (χ3v) is 5.22. The molecule has 1 unspecified atom stereocenters. The minimum absolute atomic E-state index is 0.203. The molecular formula is C20H20N4O. The Morgan fingerprint density at radius 1 is 1.36 bits per heavy atom. The van der Waals surface area contributed by atoms with Crippen LogP contribution in [0.4, 0.5) is 5.82 Å². The second-order valence-electron chi connectivity index (χ2n) is 6.57. The summed E-state index contributed by atoms with van der Waals surface area (Å²) >= 11 is 0. The van der Waals surface area contributed by atoms with Crippen LogP contribution < -0.4 is 5.73 Å². The smallest absolute Gasteiger partial charge is 0.142 e. The van der Waals surface area contributed by atoms with Gasteiger partial charge in [-0.2, -0.15) is 5.26 Å². The summed E-state index contributed by atoms with van der Waals surface area (Å²) in [5, 5.41) is 10.7. The molecule has 0 radical (unpaired) electrons. The molecule has 0 bridgehead atoms. The summed E-state index contributed by atoms with van der Waals surface area (Å²) in [6, 6.07) is 12.5. The molecule has 1 aliphatic rings. The van der Waals surface area contributed by atoms with Crippen molar-refractivity contribution in [2.24, 2.45) is 7.05 Å². The lowest BCUT2D eigenvalue weighted by Crippen LogP contribution is -2.07. The van der Waals surface area contributed by atoms with Crippen molar-refractivity contribution in [3.8, 4) is 17.3 Å². The maximum Gasteiger partial charge on any atom is 0.142 e. The summed E-state index contributed by atoms with van der Waals surface area (Å²) in [6.07, 6.45) is 0.909. The van der Waals surface area contributed by atoms with Crippen LogP contribution >= 0.6 is 0 Å². The molecule has 25 heavy (non-hydrogen) atoms. The van der Waals surface area contributed by atoms with Crippen LogP contribution in [-0.4, -0.2) is 22.8 Å². The van der Waals surface area contributed by atoms with Gasteiger partial charge in [0.1, 0.15) is 11.9 Å². The Kier molecular flexibility index (Phi) is 3.70. The zero-order valence-electron chi connectivity index (χ0n) is 14.4. The molecule has 0 amide bonds. The predicted octanol–water partition coefficient (Wildman–Crippen LogP) is 3.51. The Labute approximate surface area is 146 Å². The predicted molar refractivity (Wildman–Crippen MR) is 98.2 cm³/mol. The molecule has 1 aromatic carbocycles. The SMILES string of the molecule is Cc1c(-c2cc(C3CCOC3)c(C#N)c(N)n2)c2ccccc2n1C. The van der Waals surface area contributed by atoms with E-state index in [0.717, 1.165) is 46.4 Å². The highest BCUT2D eigenvalue weighted by Crippen LogP contribution is 2.37. The maximum atomic E-state index is 9.54. The van der Waals surface area contributed by atoms with E-state index < -0.39 is 0 Å². The van der Waals surface area contributed by atoms with E-state index in [1.54, 1.807) is 0 Å². The molecule has 1 fully saturated rings. The molecule has 0 spiro atoms. The second kappa shape index (κ2) is 5.91. The van der Waals surface area contributed by atoms with Crippen molar-refractivity contribution in [2.45, 2.75) is 19.3 Å². The number of nitrogen functional groups attached to an aromatic ring is 1. The normalized spacial score (nSPS) is 17.1. The minimum atomic E-state index is 0.203. The molecule has 1 atom stereocenters. The zero-order valence-corrected chi connectivity index (χ0v) is 14.4. The highest BCUT2D eigenvalue weighted by molar-refractivity contribution is 5.97. The first-order valence-electron chi connectivity index (χ1n) is 8.44. The Bertz CT molecular complexity index is 1010. The highest BCUT2D eigenvalue weighted by Gasteiger charge is 2.25. The van der Waals surface area contributed by atoms with Gasteiger partial charge < -0.3 is 15.0 Å². The monoisotopic (exact) mass is 332 g/mol. The van der Waals surface area contributed by atoms with Crippen molar-refractivity contribution in [3.63, 3.8) is 0 Å². The molecule has 2 N–H and O–H groups in total. The Morgan fingerprint density at radius 3 is 2.88 bits per heavy atom. The number of hydrogen-bond acceptors (Lipinski definition) is 4. The third-order valence-electron chi connectivity index (χ3n) is 5.22. The number of rotatable bonds is 2. The van der Waals surface area contributed by atoms with Crippen molar-refractivity contribution >= 4 is 16.7 Å². The van der Waals surface area contributed by atoms with Gasteiger partial charge in [-0.15, -0.1) is 0 Å². The standard InChI is InChI=1S/C20H20N4O/c1-12-19(14-5-3-4-6-18(14)24(12)2)17-9-15(13-7-8-25-11-13)16(10-21)20(22)23-17/h3-6,9,13H,7-8,11H2,1-2H3,(H2,22,23). The number of nitriles is 1. The highest BCUT2D eigenvalue weighted by atomic mass is 16.5. The third kappa shape index (κ3) is 2.38. The van der Waals surface area contributed by atoms with Crippen molar-refractivity contribution in [1.29, 1.82) is 5.26 Å². The largest absolute Gasteiger partial charge is 0.383 e. The summed E-state index contributed by atoms with van der Waals surface area (Å²) in [7, 11) is 2.06. The molecule has 3 heterocycles. The molecule has 4 rings (SSSR count). The lowest BCUT2D eigenvalue weighted by molar-refractivity contribution is 0.194. The number of anilines is 1. The van der Waals surface area contributed by atoms with Crippen LogP contribution in [0.15, 0.2) is 30.3 Å². The van der Waals surface area contributed by atoms with Gasteiger partial charge in [-0.05, 0) is 31.0 Å². The van der Waals surface area contributed by atoms with Crippen LogP contribution in [0.2, 0.25) is 0 Å². The topological polar surface area (TPSA) is 76.9 Å².